The van der Waals surface area contributed by atoms with Crippen molar-refractivity contribution < 1.29 is 5.11 Å². The average molecular weight is 215 g/mol. The molecule has 0 aliphatic rings. The van der Waals surface area contributed by atoms with E-state index in [2.05, 4.69) is 5.92 Å². The summed E-state index contributed by atoms with van der Waals surface area (Å²) in [6.45, 7) is 1.84. The third kappa shape index (κ3) is 2.65. The second-order valence-electron chi connectivity index (χ2n) is 3.85. The topological polar surface area (TPSA) is 23.5 Å². The van der Waals surface area contributed by atoms with Gasteiger partial charge < -0.3 is 10.0 Å². The van der Waals surface area contributed by atoms with E-state index in [1.807, 2.05) is 50.2 Å². The van der Waals surface area contributed by atoms with Crippen LogP contribution in [0.15, 0.2) is 29.8 Å². The summed E-state index contributed by atoms with van der Waals surface area (Å²) >= 11 is 0. The molecule has 0 amide bonds. The third-order valence-corrected chi connectivity index (χ3v) is 2.60. The van der Waals surface area contributed by atoms with Crippen LogP contribution in [0.2, 0.25) is 0 Å². The van der Waals surface area contributed by atoms with E-state index >= 15 is 0 Å². The van der Waals surface area contributed by atoms with Crippen LogP contribution in [0.5, 0.6) is 0 Å². The Morgan fingerprint density at radius 3 is 2.25 bits per heavy atom. The highest BCUT2D eigenvalue weighted by atomic mass is 16.3. The van der Waals surface area contributed by atoms with E-state index in [0.29, 0.717) is 5.57 Å². The van der Waals surface area contributed by atoms with Crippen molar-refractivity contribution in [2.75, 3.05) is 25.6 Å². The van der Waals surface area contributed by atoms with Crippen molar-refractivity contribution in [3.05, 3.63) is 35.4 Å². The minimum Gasteiger partial charge on any atom is -0.391 e. The SMILES string of the molecule is C#C/C(CO)=C(/C)c1ccc(N(C)C)cc1. The van der Waals surface area contributed by atoms with Gasteiger partial charge in [-0.25, -0.2) is 0 Å². The van der Waals surface area contributed by atoms with Gasteiger partial charge in [0.2, 0.25) is 0 Å². The molecule has 2 heteroatoms. The van der Waals surface area contributed by atoms with Gasteiger partial charge in [0.25, 0.3) is 0 Å². The maximum Gasteiger partial charge on any atom is 0.0763 e. The van der Waals surface area contributed by atoms with Crippen LogP contribution in [-0.4, -0.2) is 25.8 Å². The Hall–Kier alpha value is -1.72. The van der Waals surface area contributed by atoms with Gasteiger partial charge in [0.1, 0.15) is 0 Å². The molecule has 16 heavy (non-hydrogen) atoms. The summed E-state index contributed by atoms with van der Waals surface area (Å²) < 4.78 is 0. The summed E-state index contributed by atoms with van der Waals surface area (Å²) in [7, 11) is 4.00. The number of anilines is 1. The lowest BCUT2D eigenvalue weighted by molar-refractivity contribution is 0.336. The Morgan fingerprint density at radius 2 is 1.88 bits per heavy atom. The monoisotopic (exact) mass is 215 g/mol. The Labute approximate surface area is 97.2 Å². The lowest BCUT2D eigenvalue weighted by atomic mass is 10.0. The van der Waals surface area contributed by atoms with Crippen molar-refractivity contribution in [2.45, 2.75) is 6.92 Å². The number of aliphatic hydroxyl groups is 1. The highest BCUT2D eigenvalue weighted by Gasteiger charge is 2.02. The molecular weight excluding hydrogens is 198 g/mol. The zero-order valence-electron chi connectivity index (χ0n) is 9.99. The molecule has 0 atom stereocenters. The Balaban J connectivity index is 3.08. The first kappa shape index (κ1) is 12.4. The van der Waals surface area contributed by atoms with Crippen molar-refractivity contribution in [2.24, 2.45) is 0 Å². The Morgan fingerprint density at radius 1 is 1.31 bits per heavy atom. The van der Waals surface area contributed by atoms with Gasteiger partial charge in [0, 0.05) is 25.4 Å². The van der Waals surface area contributed by atoms with Crippen LogP contribution < -0.4 is 4.90 Å². The number of aliphatic hydroxyl groups excluding tert-OH is 1. The van der Waals surface area contributed by atoms with E-state index in [0.717, 1.165) is 16.8 Å². The molecule has 0 unspecified atom stereocenters. The number of hydrogen-bond donors (Lipinski definition) is 1. The van der Waals surface area contributed by atoms with Crippen LogP contribution >= 0.6 is 0 Å². The number of allylic oxidation sites excluding steroid dienone is 1. The number of benzene rings is 1. The summed E-state index contributed by atoms with van der Waals surface area (Å²) in [5.41, 5.74) is 3.78. The van der Waals surface area contributed by atoms with Crippen LogP contribution in [0.1, 0.15) is 12.5 Å². The van der Waals surface area contributed by atoms with Gasteiger partial charge in [-0.15, -0.1) is 6.42 Å². The molecule has 1 N–H and O–H groups in total. The maximum atomic E-state index is 9.09. The van der Waals surface area contributed by atoms with E-state index in [9.17, 15) is 0 Å². The van der Waals surface area contributed by atoms with Crippen LogP contribution in [0.3, 0.4) is 0 Å². The largest absolute Gasteiger partial charge is 0.391 e. The van der Waals surface area contributed by atoms with Crippen molar-refractivity contribution >= 4 is 11.3 Å². The molecular formula is C14H17NO. The minimum atomic E-state index is -0.0856. The van der Waals surface area contributed by atoms with E-state index in [4.69, 9.17) is 11.5 Å². The van der Waals surface area contributed by atoms with Crippen LogP contribution in [0.4, 0.5) is 5.69 Å². The number of nitrogens with zero attached hydrogens (tertiary/aromatic N) is 1. The highest BCUT2D eigenvalue weighted by molar-refractivity contribution is 5.71. The highest BCUT2D eigenvalue weighted by Crippen LogP contribution is 2.20. The van der Waals surface area contributed by atoms with E-state index in [1.165, 1.54) is 0 Å². The van der Waals surface area contributed by atoms with Gasteiger partial charge in [0.05, 0.1) is 6.61 Å². The zero-order chi connectivity index (χ0) is 12.1. The predicted molar refractivity (Wildman–Crippen MR) is 69.3 cm³/mol. The molecule has 0 spiro atoms. The maximum absolute atomic E-state index is 9.09. The Bertz CT molecular complexity index is 421. The van der Waals surface area contributed by atoms with Crippen molar-refractivity contribution in [3.8, 4) is 12.3 Å². The van der Waals surface area contributed by atoms with E-state index in [1.54, 1.807) is 0 Å². The molecule has 0 saturated heterocycles. The summed E-state index contributed by atoms with van der Waals surface area (Å²) in [6, 6.07) is 8.09. The number of rotatable bonds is 3. The molecule has 0 saturated carbocycles. The summed E-state index contributed by atoms with van der Waals surface area (Å²) in [5, 5.41) is 9.09. The van der Waals surface area contributed by atoms with E-state index < -0.39 is 0 Å². The normalized spacial score (nSPS) is 11.7. The van der Waals surface area contributed by atoms with Crippen molar-refractivity contribution in [3.63, 3.8) is 0 Å². The first-order chi connectivity index (χ1) is 7.60. The van der Waals surface area contributed by atoms with Gasteiger partial charge >= 0.3 is 0 Å². The first-order valence-corrected chi connectivity index (χ1v) is 5.15. The van der Waals surface area contributed by atoms with Gasteiger partial charge in [-0.1, -0.05) is 18.1 Å². The molecule has 1 rings (SSSR count). The molecule has 0 aliphatic heterocycles. The fourth-order valence-electron chi connectivity index (χ4n) is 1.46. The smallest absolute Gasteiger partial charge is 0.0763 e. The van der Waals surface area contributed by atoms with E-state index in [-0.39, 0.29) is 6.61 Å². The summed E-state index contributed by atoms with van der Waals surface area (Å²) in [4.78, 5) is 2.04. The molecule has 0 fully saturated rings. The van der Waals surface area contributed by atoms with Crippen molar-refractivity contribution in [1.82, 2.24) is 0 Å². The molecule has 1 aromatic carbocycles. The fourth-order valence-corrected chi connectivity index (χ4v) is 1.46. The minimum absolute atomic E-state index is 0.0856. The first-order valence-electron chi connectivity index (χ1n) is 5.15. The lowest BCUT2D eigenvalue weighted by Crippen LogP contribution is -2.08. The number of terminal acetylenes is 1. The average Bonchev–Trinajstić information content (AvgIpc) is 2.30. The molecule has 2 nitrogen and oxygen atoms in total. The van der Waals surface area contributed by atoms with Gasteiger partial charge in [0.15, 0.2) is 0 Å². The molecule has 0 radical (unpaired) electrons. The quantitative estimate of drug-likeness (QED) is 0.781. The van der Waals surface area contributed by atoms with Gasteiger partial charge in [-0.3, -0.25) is 0 Å². The molecule has 0 heterocycles. The molecule has 0 aromatic heterocycles. The van der Waals surface area contributed by atoms with Crippen molar-refractivity contribution in [1.29, 1.82) is 0 Å². The van der Waals surface area contributed by atoms with Gasteiger partial charge in [-0.2, -0.15) is 0 Å². The Kier molecular flexibility index (Phi) is 4.16. The summed E-state index contributed by atoms with van der Waals surface area (Å²) in [5.74, 6) is 2.51. The predicted octanol–water partition coefficient (Wildman–Crippen LogP) is 2.15. The lowest BCUT2D eigenvalue weighted by Gasteiger charge is -2.13. The van der Waals surface area contributed by atoms with Crippen LogP contribution in [0.25, 0.3) is 5.57 Å². The van der Waals surface area contributed by atoms with Crippen LogP contribution in [-0.2, 0) is 0 Å². The molecule has 1 aromatic rings. The second-order valence-corrected chi connectivity index (χ2v) is 3.85. The zero-order valence-corrected chi connectivity index (χ0v) is 9.99. The number of hydrogen-bond acceptors (Lipinski definition) is 2. The molecule has 0 aliphatic carbocycles. The molecule has 0 bridgehead atoms. The third-order valence-electron chi connectivity index (χ3n) is 2.60. The fraction of sp³-hybridized carbons (Fsp3) is 0.286. The molecule has 84 valence electrons. The standard InChI is InChI=1S/C14H17NO/c1-5-12(10-16)11(2)13-6-8-14(9-7-13)15(3)4/h1,6-9,16H,10H2,2-4H3/b12-11+. The van der Waals surface area contributed by atoms with Crippen LogP contribution in [0, 0.1) is 12.3 Å². The summed E-state index contributed by atoms with van der Waals surface area (Å²) in [6.07, 6.45) is 5.32. The van der Waals surface area contributed by atoms with Gasteiger partial charge in [-0.05, 0) is 30.2 Å². The second kappa shape index (κ2) is 5.39.